The molecule has 0 aliphatic heterocycles. The van der Waals surface area contributed by atoms with E-state index in [2.05, 4.69) is 64.3 Å². The summed E-state index contributed by atoms with van der Waals surface area (Å²) < 4.78 is 7.75. The van der Waals surface area contributed by atoms with Crippen molar-refractivity contribution in [1.82, 2.24) is 24.6 Å². The zero-order valence-corrected chi connectivity index (χ0v) is 24.7. The number of ether oxygens (including phenoxy) is 1. The first-order chi connectivity index (χ1) is 20.4. The number of aromatic nitrogens is 4. The molecular formula is C33H40N6O3. The van der Waals surface area contributed by atoms with Gasteiger partial charge in [0.1, 0.15) is 5.75 Å². The molecule has 5 rings (SSSR count). The Morgan fingerprint density at radius 1 is 1.19 bits per heavy atom. The van der Waals surface area contributed by atoms with E-state index in [9.17, 15) is 9.59 Å². The number of nitrogens with one attached hydrogen (secondary N) is 3. The summed E-state index contributed by atoms with van der Waals surface area (Å²) in [5.41, 5.74) is 3.87. The molecule has 4 aromatic rings. The van der Waals surface area contributed by atoms with Crippen molar-refractivity contribution in [3.8, 4) is 17.0 Å². The minimum atomic E-state index is -0.293. The Balaban J connectivity index is 1.24. The van der Waals surface area contributed by atoms with Crippen LogP contribution in [-0.4, -0.2) is 56.8 Å². The highest BCUT2D eigenvalue weighted by atomic mass is 16.5. The third-order valence-corrected chi connectivity index (χ3v) is 7.81. The zero-order chi connectivity index (χ0) is 29.5. The molecule has 1 aliphatic carbocycles. The van der Waals surface area contributed by atoms with Gasteiger partial charge in [-0.25, -0.2) is 0 Å². The van der Waals surface area contributed by atoms with Crippen molar-refractivity contribution in [1.29, 1.82) is 0 Å². The topological polar surface area (TPSA) is 108 Å². The zero-order valence-electron chi connectivity index (χ0n) is 24.7. The number of hydrogen-bond acceptors (Lipinski definition) is 5. The van der Waals surface area contributed by atoms with E-state index < -0.39 is 0 Å². The molecule has 1 atom stereocenters. The second kappa shape index (κ2) is 13.5. The predicted molar refractivity (Wildman–Crippen MR) is 168 cm³/mol. The van der Waals surface area contributed by atoms with Crippen LogP contribution in [0.2, 0.25) is 0 Å². The lowest BCUT2D eigenvalue weighted by Crippen LogP contribution is -2.25. The van der Waals surface area contributed by atoms with Crippen molar-refractivity contribution in [2.75, 3.05) is 31.6 Å². The van der Waals surface area contributed by atoms with E-state index in [0.29, 0.717) is 41.6 Å². The molecule has 1 aliphatic rings. The lowest BCUT2D eigenvalue weighted by Gasteiger charge is -2.17. The van der Waals surface area contributed by atoms with Crippen molar-refractivity contribution >= 4 is 22.5 Å². The summed E-state index contributed by atoms with van der Waals surface area (Å²) in [6.45, 7) is 10.9. The molecule has 3 N–H and O–H groups in total. The van der Waals surface area contributed by atoms with Gasteiger partial charge in [0.15, 0.2) is 0 Å². The molecule has 42 heavy (non-hydrogen) atoms. The fourth-order valence-corrected chi connectivity index (χ4v) is 5.29. The highest BCUT2D eigenvalue weighted by Crippen LogP contribution is 2.27. The number of anilines is 1. The number of fused-ring (bicyclic) bond motifs is 1. The first-order valence-corrected chi connectivity index (χ1v) is 14.9. The lowest BCUT2D eigenvalue weighted by molar-refractivity contribution is 0.102. The molecule has 1 aromatic carbocycles. The van der Waals surface area contributed by atoms with Crippen LogP contribution in [0.4, 0.5) is 5.69 Å². The maximum absolute atomic E-state index is 13.0. The molecule has 9 heteroatoms. The van der Waals surface area contributed by atoms with E-state index in [1.807, 2.05) is 24.3 Å². The first-order valence-electron chi connectivity index (χ1n) is 14.9. The van der Waals surface area contributed by atoms with Gasteiger partial charge < -0.3 is 24.9 Å². The van der Waals surface area contributed by atoms with E-state index in [1.165, 1.54) is 11.8 Å². The number of allylic oxidation sites excluding steroid dienone is 4. The van der Waals surface area contributed by atoms with Gasteiger partial charge in [-0.15, -0.1) is 0 Å². The van der Waals surface area contributed by atoms with Gasteiger partial charge in [-0.2, -0.15) is 5.10 Å². The fourth-order valence-electron chi connectivity index (χ4n) is 5.29. The van der Waals surface area contributed by atoms with Crippen LogP contribution >= 0.6 is 0 Å². The van der Waals surface area contributed by atoms with Crippen molar-refractivity contribution < 1.29 is 9.53 Å². The Bertz CT molecular complexity index is 1640. The second-order valence-electron chi connectivity index (χ2n) is 10.7. The van der Waals surface area contributed by atoms with Crippen LogP contribution in [0.15, 0.2) is 77.5 Å². The summed E-state index contributed by atoms with van der Waals surface area (Å²) in [7, 11) is 0. The average Bonchev–Trinajstić information content (AvgIpc) is 3.65. The molecule has 0 radical (unpaired) electrons. The van der Waals surface area contributed by atoms with Gasteiger partial charge in [-0.1, -0.05) is 39.0 Å². The largest absolute Gasteiger partial charge is 0.494 e. The van der Waals surface area contributed by atoms with Gasteiger partial charge in [0.2, 0.25) is 0 Å². The number of H-pyrrole nitrogens is 2. The summed E-state index contributed by atoms with van der Waals surface area (Å²) in [6, 6.07) is 9.47. The van der Waals surface area contributed by atoms with Crippen LogP contribution in [0, 0.1) is 5.92 Å². The molecule has 0 bridgehead atoms. The van der Waals surface area contributed by atoms with Crippen LogP contribution in [0.1, 0.15) is 50.4 Å². The summed E-state index contributed by atoms with van der Waals surface area (Å²) >= 11 is 0. The molecule has 3 heterocycles. The number of amides is 1. The highest BCUT2D eigenvalue weighted by Gasteiger charge is 2.14. The Hall–Kier alpha value is -4.37. The highest BCUT2D eigenvalue weighted by molar-refractivity contribution is 6.04. The van der Waals surface area contributed by atoms with Crippen molar-refractivity contribution in [3.63, 3.8) is 0 Å². The number of rotatable bonds is 13. The van der Waals surface area contributed by atoms with Gasteiger partial charge in [-0.3, -0.25) is 14.3 Å². The van der Waals surface area contributed by atoms with Gasteiger partial charge in [0, 0.05) is 29.8 Å². The Kier molecular flexibility index (Phi) is 9.38. The molecular weight excluding hydrogens is 528 g/mol. The summed E-state index contributed by atoms with van der Waals surface area (Å²) in [4.78, 5) is 34.2. The maximum Gasteiger partial charge on any atom is 0.258 e. The Morgan fingerprint density at radius 2 is 2.05 bits per heavy atom. The lowest BCUT2D eigenvalue weighted by atomic mass is 9.94. The van der Waals surface area contributed by atoms with Crippen molar-refractivity contribution in [2.45, 2.75) is 46.6 Å². The number of benzene rings is 1. The molecule has 220 valence electrons. The first kappa shape index (κ1) is 29.1. The standard InChI is InChI=1S/C33H40N6O3/c1-4-23-9-7-10-24(15-23)21-39-22-26(19-35-39)32(40)36-27-18-29(33(41)34-20-27)31-17-25-16-28(11-12-30(25)37-31)42-14-8-13-38(5-2)6-3/h7,10-12,15-20,22-23,37H,4-6,8-9,13-14,21H2,1-3H3,(H,34,41)(H,36,40). The average molecular weight is 569 g/mol. The van der Waals surface area contributed by atoms with Gasteiger partial charge in [0.05, 0.1) is 41.9 Å². The summed E-state index contributed by atoms with van der Waals surface area (Å²) in [5.74, 6) is 1.06. The van der Waals surface area contributed by atoms with E-state index in [4.69, 9.17) is 4.74 Å². The van der Waals surface area contributed by atoms with Crippen molar-refractivity contribution in [3.05, 3.63) is 88.6 Å². The molecule has 3 aromatic heterocycles. The third-order valence-electron chi connectivity index (χ3n) is 7.81. The molecule has 0 fully saturated rings. The monoisotopic (exact) mass is 568 g/mol. The Morgan fingerprint density at radius 3 is 2.86 bits per heavy atom. The number of hydrogen-bond donors (Lipinski definition) is 3. The van der Waals surface area contributed by atoms with E-state index in [0.717, 1.165) is 55.5 Å². The van der Waals surface area contributed by atoms with Crippen LogP contribution in [0.25, 0.3) is 22.2 Å². The van der Waals surface area contributed by atoms with Gasteiger partial charge >= 0.3 is 0 Å². The fraction of sp³-hybridized carbons (Fsp3) is 0.364. The van der Waals surface area contributed by atoms with Gasteiger partial charge in [-0.05, 0) is 74.2 Å². The minimum absolute atomic E-state index is 0.251. The van der Waals surface area contributed by atoms with Gasteiger partial charge in [0.25, 0.3) is 11.5 Å². The third kappa shape index (κ3) is 7.09. The number of pyridine rings is 1. The van der Waals surface area contributed by atoms with Crippen LogP contribution in [-0.2, 0) is 6.54 Å². The Labute approximate surface area is 246 Å². The number of carbonyl (C=O) groups excluding carboxylic acids is 1. The molecule has 1 amide bonds. The van der Waals surface area contributed by atoms with E-state index >= 15 is 0 Å². The molecule has 0 saturated carbocycles. The number of aromatic amines is 2. The predicted octanol–water partition coefficient (Wildman–Crippen LogP) is 6.00. The smallest absolute Gasteiger partial charge is 0.258 e. The molecule has 1 unspecified atom stereocenters. The number of nitrogens with zero attached hydrogens (tertiary/aromatic N) is 3. The number of carbonyl (C=O) groups is 1. The second-order valence-corrected chi connectivity index (χ2v) is 10.7. The van der Waals surface area contributed by atoms with Crippen LogP contribution < -0.4 is 15.6 Å². The van der Waals surface area contributed by atoms with Crippen molar-refractivity contribution in [2.24, 2.45) is 5.92 Å². The molecule has 9 nitrogen and oxygen atoms in total. The van der Waals surface area contributed by atoms with E-state index in [-0.39, 0.29) is 11.5 Å². The quantitative estimate of drug-likeness (QED) is 0.172. The minimum Gasteiger partial charge on any atom is -0.494 e. The molecule has 0 spiro atoms. The van der Waals surface area contributed by atoms with Crippen LogP contribution in [0.5, 0.6) is 5.75 Å². The SMILES string of the molecule is CCC1C=C(Cn2cc(C(=O)Nc3c[nH]c(=O)c(-c4cc5cc(OCCCN(CC)CC)ccc5[nH]4)c3)cn2)C=CC1. The van der Waals surface area contributed by atoms with Crippen LogP contribution in [0.3, 0.4) is 0 Å². The molecule has 0 saturated heterocycles. The van der Waals surface area contributed by atoms with E-state index in [1.54, 1.807) is 23.1 Å². The summed E-state index contributed by atoms with van der Waals surface area (Å²) in [6.07, 6.45) is 14.6. The maximum atomic E-state index is 13.0. The normalized spacial score (nSPS) is 14.9. The summed E-state index contributed by atoms with van der Waals surface area (Å²) in [5, 5.41) is 8.21.